The average Bonchev–Trinajstić information content (AvgIpc) is 2.59. The molecule has 0 atom stereocenters. The lowest BCUT2D eigenvalue weighted by molar-refractivity contribution is -0.138. The highest BCUT2D eigenvalue weighted by Gasteiger charge is 2.34. The number of nitrogens with one attached hydrogen (secondary N) is 2. The molecular formula is C18H14F3N3O2. The van der Waals surface area contributed by atoms with Gasteiger partial charge in [-0.2, -0.15) is 18.4 Å². The van der Waals surface area contributed by atoms with E-state index in [-0.39, 0.29) is 13.0 Å². The van der Waals surface area contributed by atoms with E-state index in [1.165, 1.54) is 12.1 Å². The van der Waals surface area contributed by atoms with E-state index in [1.54, 1.807) is 30.3 Å². The summed E-state index contributed by atoms with van der Waals surface area (Å²) in [6, 6.07) is 12.7. The van der Waals surface area contributed by atoms with Crippen LogP contribution in [0, 0.1) is 11.3 Å². The van der Waals surface area contributed by atoms with Crippen molar-refractivity contribution in [3.63, 3.8) is 0 Å². The van der Waals surface area contributed by atoms with Gasteiger partial charge in [0, 0.05) is 12.2 Å². The third kappa shape index (κ3) is 5.08. The van der Waals surface area contributed by atoms with Crippen LogP contribution in [0.5, 0.6) is 0 Å². The van der Waals surface area contributed by atoms with E-state index in [4.69, 9.17) is 5.26 Å². The van der Waals surface area contributed by atoms with Gasteiger partial charge < -0.3 is 10.6 Å². The fourth-order valence-corrected chi connectivity index (χ4v) is 2.24. The third-order valence-corrected chi connectivity index (χ3v) is 3.38. The van der Waals surface area contributed by atoms with E-state index >= 15 is 0 Å². The molecule has 0 radical (unpaired) electrons. The predicted octanol–water partition coefficient (Wildman–Crippen LogP) is 3.49. The molecular weight excluding hydrogens is 347 g/mol. The molecule has 0 bridgehead atoms. The quantitative estimate of drug-likeness (QED) is 0.855. The van der Waals surface area contributed by atoms with Crippen LogP contribution in [0.1, 0.15) is 27.9 Å². The van der Waals surface area contributed by atoms with Gasteiger partial charge in [-0.05, 0) is 29.8 Å². The van der Waals surface area contributed by atoms with E-state index < -0.39 is 29.1 Å². The van der Waals surface area contributed by atoms with Crippen LogP contribution in [-0.4, -0.2) is 11.8 Å². The van der Waals surface area contributed by atoms with Crippen LogP contribution < -0.4 is 10.6 Å². The van der Waals surface area contributed by atoms with Gasteiger partial charge in [-0.3, -0.25) is 9.59 Å². The number of amides is 2. The second kappa shape index (κ2) is 8.16. The first-order valence-corrected chi connectivity index (χ1v) is 7.51. The van der Waals surface area contributed by atoms with Crippen molar-refractivity contribution in [3.8, 4) is 6.07 Å². The number of benzene rings is 2. The molecule has 0 aliphatic rings. The maximum absolute atomic E-state index is 13.0. The molecule has 134 valence electrons. The van der Waals surface area contributed by atoms with Crippen LogP contribution in [0.4, 0.5) is 18.9 Å². The zero-order valence-corrected chi connectivity index (χ0v) is 13.4. The fourth-order valence-electron chi connectivity index (χ4n) is 2.24. The molecule has 8 heteroatoms. The van der Waals surface area contributed by atoms with Gasteiger partial charge in [0.25, 0.3) is 5.91 Å². The molecule has 26 heavy (non-hydrogen) atoms. The Morgan fingerprint density at radius 3 is 2.50 bits per heavy atom. The molecule has 2 aromatic rings. The molecule has 2 aromatic carbocycles. The third-order valence-electron chi connectivity index (χ3n) is 3.38. The highest BCUT2D eigenvalue weighted by molar-refractivity contribution is 5.96. The molecule has 0 aliphatic carbocycles. The van der Waals surface area contributed by atoms with Crippen molar-refractivity contribution in [2.45, 2.75) is 19.1 Å². The van der Waals surface area contributed by atoms with Gasteiger partial charge in [-0.25, -0.2) is 0 Å². The molecule has 0 heterocycles. The summed E-state index contributed by atoms with van der Waals surface area (Å²) in [6.07, 6.45) is -4.92. The highest BCUT2D eigenvalue weighted by Crippen LogP contribution is 2.31. The van der Waals surface area contributed by atoms with E-state index in [0.29, 0.717) is 11.3 Å². The Bertz CT molecular complexity index is 857. The SMILES string of the molecule is N#CCC(=O)Nc1cccc(CNC(=O)c2ccccc2C(F)(F)F)c1. The van der Waals surface area contributed by atoms with Crippen molar-refractivity contribution in [1.82, 2.24) is 5.32 Å². The summed E-state index contributed by atoms with van der Waals surface area (Å²) in [6.45, 7) is -0.0208. The zero-order chi connectivity index (χ0) is 19.2. The Balaban J connectivity index is 2.07. The van der Waals surface area contributed by atoms with Crippen LogP contribution in [0.25, 0.3) is 0 Å². The Labute approximate surface area is 147 Å². The first-order valence-electron chi connectivity index (χ1n) is 7.51. The number of hydrogen-bond donors (Lipinski definition) is 2. The summed E-state index contributed by atoms with van der Waals surface area (Å²) in [7, 11) is 0. The Morgan fingerprint density at radius 1 is 1.08 bits per heavy atom. The normalized spacial score (nSPS) is 10.7. The molecule has 2 amide bonds. The standard InChI is InChI=1S/C18H14F3N3O2/c19-18(20,21)15-7-2-1-6-14(15)17(26)23-11-12-4-3-5-13(10-12)24-16(25)8-9-22/h1-7,10H,8,11H2,(H,23,26)(H,24,25). The minimum atomic E-state index is -4.63. The number of carbonyl (C=O) groups excluding carboxylic acids is 2. The first kappa shape index (κ1) is 19.0. The molecule has 2 rings (SSSR count). The molecule has 0 aliphatic heterocycles. The monoisotopic (exact) mass is 361 g/mol. The van der Waals surface area contributed by atoms with Crippen molar-refractivity contribution in [3.05, 3.63) is 65.2 Å². The molecule has 2 N–H and O–H groups in total. The largest absolute Gasteiger partial charge is 0.417 e. The summed E-state index contributed by atoms with van der Waals surface area (Å²) in [5, 5.41) is 13.4. The second-order valence-electron chi connectivity index (χ2n) is 5.31. The second-order valence-corrected chi connectivity index (χ2v) is 5.31. The number of alkyl halides is 3. The van der Waals surface area contributed by atoms with Crippen LogP contribution >= 0.6 is 0 Å². The number of hydrogen-bond acceptors (Lipinski definition) is 3. The van der Waals surface area contributed by atoms with Crippen molar-refractivity contribution < 1.29 is 22.8 Å². The lowest BCUT2D eigenvalue weighted by Crippen LogP contribution is -2.25. The number of halogens is 3. The average molecular weight is 361 g/mol. The number of carbonyl (C=O) groups is 2. The highest BCUT2D eigenvalue weighted by atomic mass is 19.4. The van der Waals surface area contributed by atoms with Crippen molar-refractivity contribution in [2.75, 3.05) is 5.32 Å². The summed E-state index contributed by atoms with van der Waals surface area (Å²) in [5.74, 6) is -1.33. The topological polar surface area (TPSA) is 82.0 Å². The Hall–Kier alpha value is -3.34. The van der Waals surface area contributed by atoms with E-state index in [0.717, 1.165) is 12.1 Å². The van der Waals surface area contributed by atoms with Crippen LogP contribution in [0.2, 0.25) is 0 Å². The smallest absolute Gasteiger partial charge is 0.348 e. The van der Waals surface area contributed by atoms with Crippen molar-refractivity contribution in [2.24, 2.45) is 0 Å². The van der Waals surface area contributed by atoms with Gasteiger partial charge in [-0.15, -0.1) is 0 Å². The maximum Gasteiger partial charge on any atom is 0.417 e. The van der Waals surface area contributed by atoms with Gasteiger partial charge in [-0.1, -0.05) is 24.3 Å². The van der Waals surface area contributed by atoms with Crippen LogP contribution in [0.15, 0.2) is 48.5 Å². The molecule has 0 fully saturated rings. The van der Waals surface area contributed by atoms with E-state index in [2.05, 4.69) is 10.6 Å². The van der Waals surface area contributed by atoms with Crippen LogP contribution in [0.3, 0.4) is 0 Å². The van der Waals surface area contributed by atoms with E-state index in [1.807, 2.05) is 0 Å². The lowest BCUT2D eigenvalue weighted by atomic mass is 10.1. The number of anilines is 1. The van der Waals surface area contributed by atoms with Gasteiger partial charge in [0.1, 0.15) is 6.42 Å². The summed E-state index contributed by atoms with van der Waals surface area (Å²) >= 11 is 0. The van der Waals surface area contributed by atoms with E-state index in [9.17, 15) is 22.8 Å². The number of rotatable bonds is 5. The fraction of sp³-hybridized carbons (Fsp3) is 0.167. The van der Waals surface area contributed by atoms with Crippen molar-refractivity contribution >= 4 is 17.5 Å². The first-order chi connectivity index (χ1) is 12.3. The van der Waals surface area contributed by atoms with Crippen molar-refractivity contribution in [1.29, 1.82) is 5.26 Å². The van der Waals surface area contributed by atoms with Crippen LogP contribution in [-0.2, 0) is 17.5 Å². The maximum atomic E-state index is 13.0. The molecule has 0 aromatic heterocycles. The Kier molecular flexibility index (Phi) is 5.96. The predicted molar refractivity (Wildman–Crippen MR) is 87.9 cm³/mol. The minimum absolute atomic E-state index is 0.0208. The summed E-state index contributed by atoms with van der Waals surface area (Å²) in [5.41, 5.74) is -0.459. The molecule has 0 saturated carbocycles. The molecule has 5 nitrogen and oxygen atoms in total. The van der Waals surface area contributed by atoms with Gasteiger partial charge in [0.15, 0.2) is 0 Å². The number of nitrogens with zero attached hydrogens (tertiary/aromatic N) is 1. The molecule has 0 spiro atoms. The Morgan fingerprint density at radius 2 is 1.81 bits per heavy atom. The number of nitriles is 1. The minimum Gasteiger partial charge on any atom is -0.348 e. The summed E-state index contributed by atoms with van der Waals surface area (Å²) < 4.78 is 38.9. The van der Waals surface area contributed by atoms with Gasteiger partial charge in [0.2, 0.25) is 5.91 Å². The molecule has 0 unspecified atom stereocenters. The molecule has 0 saturated heterocycles. The van der Waals surface area contributed by atoms with Gasteiger partial charge >= 0.3 is 6.18 Å². The zero-order valence-electron chi connectivity index (χ0n) is 13.4. The van der Waals surface area contributed by atoms with Gasteiger partial charge in [0.05, 0.1) is 17.2 Å². The lowest BCUT2D eigenvalue weighted by Gasteiger charge is -2.13. The summed E-state index contributed by atoms with van der Waals surface area (Å²) in [4.78, 5) is 23.5.